The second-order valence-electron chi connectivity index (χ2n) is 2.20. The van der Waals surface area contributed by atoms with E-state index in [0.717, 1.165) is 6.54 Å². The van der Waals surface area contributed by atoms with Gasteiger partial charge >= 0.3 is 0 Å². The summed E-state index contributed by atoms with van der Waals surface area (Å²) in [4.78, 5) is 0. The van der Waals surface area contributed by atoms with Crippen LogP contribution in [0.5, 0.6) is 0 Å². The van der Waals surface area contributed by atoms with E-state index in [1.165, 1.54) is 31.4 Å². The van der Waals surface area contributed by atoms with Crippen LogP contribution in [0.2, 0.25) is 0 Å². The smallest absolute Gasteiger partial charge is 0.00703 e. The van der Waals surface area contributed by atoms with Crippen LogP contribution in [0.1, 0.15) is 25.7 Å². The molecule has 0 spiro atoms. The number of rotatable bonds is 6. The van der Waals surface area contributed by atoms with Crippen molar-refractivity contribution in [1.82, 2.24) is 0 Å². The zero-order valence-corrected chi connectivity index (χ0v) is 8.27. The average Bonchev–Trinajstić information content (AvgIpc) is 1.89. The van der Waals surface area contributed by atoms with E-state index in [4.69, 9.17) is 5.73 Å². The topological polar surface area (TPSA) is 26.0 Å². The van der Waals surface area contributed by atoms with Crippen LogP contribution in [0, 0.1) is 0 Å². The summed E-state index contributed by atoms with van der Waals surface area (Å²) in [6.07, 6.45) is 7.40. The standard InChI is InChI=1S/C7H17NS.ClH/c1-9-7-5-3-2-4-6-8;/h2-8H2,1H3;1H. The molecular weight excluding hydrogens is 166 g/mol. The van der Waals surface area contributed by atoms with Crippen LogP contribution in [0.25, 0.3) is 0 Å². The molecule has 0 unspecified atom stereocenters. The lowest BCUT2D eigenvalue weighted by atomic mass is 10.2. The largest absolute Gasteiger partial charge is 0.330 e. The third-order valence-electron chi connectivity index (χ3n) is 1.30. The van der Waals surface area contributed by atoms with E-state index in [1.54, 1.807) is 0 Å². The van der Waals surface area contributed by atoms with Crippen LogP contribution in [0.15, 0.2) is 0 Å². The molecule has 0 aliphatic heterocycles. The van der Waals surface area contributed by atoms with Gasteiger partial charge in [-0.2, -0.15) is 11.8 Å². The summed E-state index contributed by atoms with van der Waals surface area (Å²) in [7, 11) is 0. The zero-order chi connectivity index (χ0) is 6.95. The van der Waals surface area contributed by atoms with Crippen molar-refractivity contribution in [1.29, 1.82) is 0 Å². The summed E-state index contributed by atoms with van der Waals surface area (Å²) in [6.45, 7) is 0.860. The van der Waals surface area contributed by atoms with Crippen LogP contribution in [-0.4, -0.2) is 18.6 Å². The maximum Gasteiger partial charge on any atom is -0.00703 e. The van der Waals surface area contributed by atoms with Crippen LogP contribution in [0.4, 0.5) is 0 Å². The van der Waals surface area contributed by atoms with Crippen molar-refractivity contribution >= 4 is 24.2 Å². The molecule has 0 saturated heterocycles. The summed E-state index contributed by atoms with van der Waals surface area (Å²) in [5.41, 5.74) is 5.34. The van der Waals surface area contributed by atoms with Gasteiger partial charge < -0.3 is 5.73 Å². The normalized spacial score (nSPS) is 9.00. The molecule has 0 aromatic carbocycles. The highest BCUT2D eigenvalue weighted by molar-refractivity contribution is 7.98. The Hall–Kier alpha value is 0.600. The summed E-state index contributed by atoms with van der Waals surface area (Å²) in [5, 5.41) is 0. The molecule has 2 N–H and O–H groups in total. The van der Waals surface area contributed by atoms with Crippen LogP contribution in [-0.2, 0) is 0 Å². The Balaban J connectivity index is 0. The van der Waals surface area contributed by atoms with Gasteiger partial charge in [0.05, 0.1) is 0 Å². The summed E-state index contributed by atoms with van der Waals surface area (Å²) < 4.78 is 0. The van der Waals surface area contributed by atoms with Crippen molar-refractivity contribution in [2.24, 2.45) is 5.73 Å². The molecule has 10 heavy (non-hydrogen) atoms. The summed E-state index contributed by atoms with van der Waals surface area (Å²) >= 11 is 1.93. The quantitative estimate of drug-likeness (QED) is 0.640. The molecule has 0 bridgehead atoms. The number of thioether (sulfide) groups is 1. The third kappa shape index (κ3) is 11.4. The van der Waals surface area contributed by atoms with Gasteiger partial charge in [0.2, 0.25) is 0 Å². The molecule has 0 saturated carbocycles. The molecule has 0 aromatic rings. The van der Waals surface area contributed by atoms with Gasteiger partial charge in [0.15, 0.2) is 0 Å². The van der Waals surface area contributed by atoms with Gasteiger partial charge in [-0.05, 0) is 31.4 Å². The number of unbranched alkanes of at least 4 members (excludes halogenated alkanes) is 3. The first-order valence-corrected chi connectivity index (χ1v) is 5.00. The summed E-state index contributed by atoms with van der Waals surface area (Å²) in [6, 6.07) is 0. The molecule has 0 aliphatic carbocycles. The zero-order valence-electron chi connectivity index (χ0n) is 6.64. The Bertz CT molecular complexity index is 46.9. The number of hydrogen-bond acceptors (Lipinski definition) is 2. The highest BCUT2D eigenvalue weighted by atomic mass is 35.5. The van der Waals surface area contributed by atoms with Gasteiger partial charge in [0.25, 0.3) is 0 Å². The van der Waals surface area contributed by atoms with Gasteiger partial charge in [-0.25, -0.2) is 0 Å². The molecule has 3 heteroatoms. The van der Waals surface area contributed by atoms with Gasteiger partial charge in [0, 0.05) is 0 Å². The summed E-state index contributed by atoms with van der Waals surface area (Å²) in [5.74, 6) is 1.31. The fourth-order valence-electron chi connectivity index (χ4n) is 0.744. The minimum Gasteiger partial charge on any atom is -0.330 e. The first-order valence-electron chi connectivity index (χ1n) is 3.61. The monoisotopic (exact) mass is 183 g/mol. The van der Waals surface area contributed by atoms with Crippen LogP contribution < -0.4 is 5.73 Å². The van der Waals surface area contributed by atoms with Gasteiger partial charge in [0.1, 0.15) is 0 Å². The van der Waals surface area contributed by atoms with E-state index in [9.17, 15) is 0 Å². The van der Waals surface area contributed by atoms with Crippen LogP contribution in [0.3, 0.4) is 0 Å². The predicted molar refractivity (Wildman–Crippen MR) is 53.2 cm³/mol. The van der Waals surface area contributed by atoms with E-state index in [0.29, 0.717) is 0 Å². The van der Waals surface area contributed by atoms with E-state index >= 15 is 0 Å². The average molecular weight is 184 g/mol. The number of halogens is 1. The molecule has 0 radical (unpaired) electrons. The molecule has 64 valence electrons. The molecule has 0 amide bonds. The van der Waals surface area contributed by atoms with E-state index in [-0.39, 0.29) is 12.4 Å². The fraction of sp³-hybridized carbons (Fsp3) is 1.00. The number of nitrogens with two attached hydrogens (primary N) is 1. The van der Waals surface area contributed by atoms with Gasteiger partial charge in [-0.3, -0.25) is 0 Å². The molecule has 0 rings (SSSR count). The first-order chi connectivity index (χ1) is 4.41. The second-order valence-corrected chi connectivity index (χ2v) is 3.18. The molecular formula is C7H18ClNS. The molecule has 0 aromatic heterocycles. The van der Waals surface area contributed by atoms with Crippen molar-refractivity contribution in [2.45, 2.75) is 25.7 Å². The van der Waals surface area contributed by atoms with Crippen molar-refractivity contribution in [3.8, 4) is 0 Å². The van der Waals surface area contributed by atoms with Crippen molar-refractivity contribution in [3.63, 3.8) is 0 Å². The highest BCUT2D eigenvalue weighted by Crippen LogP contribution is 2.03. The lowest BCUT2D eigenvalue weighted by molar-refractivity contribution is 0.678. The molecule has 0 fully saturated rings. The minimum atomic E-state index is 0. The van der Waals surface area contributed by atoms with Gasteiger partial charge in [-0.15, -0.1) is 12.4 Å². The molecule has 0 aliphatic rings. The van der Waals surface area contributed by atoms with Crippen molar-refractivity contribution in [2.75, 3.05) is 18.6 Å². The molecule has 0 atom stereocenters. The Labute approximate surface area is 74.5 Å². The van der Waals surface area contributed by atoms with Crippen LogP contribution >= 0.6 is 24.2 Å². The van der Waals surface area contributed by atoms with Gasteiger partial charge in [-0.1, -0.05) is 12.8 Å². The first kappa shape index (κ1) is 13.2. The Morgan fingerprint density at radius 3 is 2.20 bits per heavy atom. The van der Waals surface area contributed by atoms with E-state index in [2.05, 4.69) is 6.26 Å². The van der Waals surface area contributed by atoms with Crippen molar-refractivity contribution in [3.05, 3.63) is 0 Å². The van der Waals surface area contributed by atoms with Crippen molar-refractivity contribution < 1.29 is 0 Å². The third-order valence-corrected chi connectivity index (χ3v) is 2.00. The minimum absolute atomic E-state index is 0. The lowest BCUT2D eigenvalue weighted by Crippen LogP contribution is -1.97. The molecule has 0 heterocycles. The SMILES string of the molecule is CSCCCCCCN.Cl. The number of hydrogen-bond donors (Lipinski definition) is 1. The fourth-order valence-corrected chi connectivity index (χ4v) is 1.24. The molecule has 1 nitrogen and oxygen atoms in total. The highest BCUT2D eigenvalue weighted by Gasteiger charge is 1.86. The van der Waals surface area contributed by atoms with E-state index < -0.39 is 0 Å². The predicted octanol–water partition coefficient (Wildman–Crippen LogP) is 2.29. The van der Waals surface area contributed by atoms with E-state index in [1.807, 2.05) is 11.8 Å². The Morgan fingerprint density at radius 2 is 1.70 bits per heavy atom. The Kier molecular flexibility index (Phi) is 16.2. The lowest BCUT2D eigenvalue weighted by Gasteiger charge is -1.96. The maximum absolute atomic E-state index is 5.34. The maximum atomic E-state index is 5.34. The Morgan fingerprint density at radius 1 is 1.10 bits per heavy atom. The second kappa shape index (κ2) is 12.3.